The van der Waals surface area contributed by atoms with Crippen molar-refractivity contribution in [2.75, 3.05) is 34.2 Å². The lowest BCUT2D eigenvalue weighted by Crippen LogP contribution is -2.36. The number of ketones is 1. The van der Waals surface area contributed by atoms with Crippen molar-refractivity contribution in [3.05, 3.63) is 63.5 Å². The van der Waals surface area contributed by atoms with Crippen LogP contribution in [0.15, 0.2) is 36.7 Å². The van der Waals surface area contributed by atoms with Crippen LogP contribution in [-0.4, -0.2) is 60.2 Å². The molecule has 0 bridgehead atoms. The molecule has 0 spiro atoms. The molecule has 34 heavy (non-hydrogen) atoms. The van der Waals surface area contributed by atoms with E-state index in [1.54, 1.807) is 44.2 Å². The Kier molecular flexibility index (Phi) is 11.6. The monoisotopic (exact) mass is 549 g/mol. The summed E-state index contributed by atoms with van der Waals surface area (Å²) in [6, 6.07) is 6.77. The Hall–Kier alpha value is -2.07. The van der Waals surface area contributed by atoms with Crippen LogP contribution in [0.1, 0.15) is 27.8 Å². The first kappa shape index (κ1) is 30.0. The summed E-state index contributed by atoms with van der Waals surface area (Å²) < 4.78 is 8.02. The minimum atomic E-state index is -0.741. The topological polar surface area (TPSA) is 88.0 Å². The van der Waals surface area contributed by atoms with Crippen LogP contribution in [0, 0.1) is 6.92 Å². The van der Waals surface area contributed by atoms with Gasteiger partial charge in [-0.2, -0.15) is 0 Å². The van der Waals surface area contributed by atoms with Gasteiger partial charge in [-0.1, -0.05) is 23.2 Å². The second-order valence-corrected chi connectivity index (χ2v) is 8.32. The van der Waals surface area contributed by atoms with E-state index in [1.807, 2.05) is 29.8 Å². The van der Waals surface area contributed by atoms with E-state index in [0.29, 0.717) is 22.0 Å². The van der Waals surface area contributed by atoms with Crippen molar-refractivity contribution in [1.82, 2.24) is 24.9 Å². The number of ether oxygens (including phenoxy) is 1. The van der Waals surface area contributed by atoms with Gasteiger partial charge >= 0.3 is 0 Å². The number of benzene rings is 1. The molecule has 186 valence electrons. The van der Waals surface area contributed by atoms with Crippen LogP contribution in [0.25, 0.3) is 5.65 Å². The van der Waals surface area contributed by atoms with Crippen LogP contribution in [0.3, 0.4) is 0 Å². The smallest absolute Gasteiger partial charge is 0.234 e. The lowest BCUT2D eigenvalue weighted by atomic mass is 10.1. The third kappa shape index (κ3) is 6.97. The number of amides is 1. The molecule has 2 heterocycles. The summed E-state index contributed by atoms with van der Waals surface area (Å²) in [6.07, 6.45) is 3.02. The highest BCUT2D eigenvalue weighted by Gasteiger charge is 2.24. The third-order valence-electron chi connectivity index (χ3n) is 4.67. The molecular weight excluding hydrogens is 524 g/mol. The second kappa shape index (κ2) is 13.1. The summed E-state index contributed by atoms with van der Waals surface area (Å²) >= 11 is 13.0. The molecular formula is C22H27Cl4N5O3. The zero-order valence-corrected chi connectivity index (χ0v) is 22.2. The molecule has 8 nitrogen and oxygen atoms in total. The van der Waals surface area contributed by atoms with Crippen molar-refractivity contribution >= 4 is 65.4 Å². The number of nitrogens with zero attached hydrogens (tertiary/aromatic N) is 3. The van der Waals surface area contributed by atoms with Gasteiger partial charge in [0.2, 0.25) is 5.91 Å². The fourth-order valence-electron chi connectivity index (χ4n) is 3.23. The number of hydrogen-bond donors (Lipinski definition) is 2. The van der Waals surface area contributed by atoms with Gasteiger partial charge in [0.1, 0.15) is 0 Å². The lowest BCUT2D eigenvalue weighted by molar-refractivity contribution is -0.121. The molecule has 1 aromatic carbocycles. The molecule has 1 unspecified atom stereocenters. The first-order chi connectivity index (χ1) is 15.2. The first-order valence-corrected chi connectivity index (χ1v) is 10.7. The average molecular weight is 551 g/mol. The van der Waals surface area contributed by atoms with Gasteiger partial charge in [-0.3, -0.25) is 14.9 Å². The van der Waals surface area contributed by atoms with Crippen LogP contribution in [-0.2, 0) is 4.79 Å². The highest BCUT2D eigenvalue weighted by atomic mass is 35.5. The lowest BCUT2D eigenvalue weighted by Gasteiger charge is -2.22. The van der Waals surface area contributed by atoms with Gasteiger partial charge in [-0.05, 0) is 52.3 Å². The highest BCUT2D eigenvalue weighted by molar-refractivity contribution is 6.38. The van der Waals surface area contributed by atoms with Crippen LogP contribution in [0.4, 0.5) is 0 Å². The number of rotatable bonds is 9. The van der Waals surface area contributed by atoms with E-state index < -0.39 is 6.23 Å². The number of fused-ring (bicyclic) bond motifs is 1. The second-order valence-electron chi connectivity index (χ2n) is 7.53. The molecule has 0 aliphatic heterocycles. The molecule has 0 aliphatic rings. The fourth-order valence-corrected chi connectivity index (χ4v) is 3.91. The summed E-state index contributed by atoms with van der Waals surface area (Å²) in [7, 11) is 5.24. The minimum Gasteiger partial charge on any atom is -0.467 e. The number of hydrogen-bond acceptors (Lipinski definition) is 6. The molecule has 12 heteroatoms. The SMILES string of the molecule is CNC(Oc1cccn2cc(C)nc12)c1c(Cl)ccc(C(=O)CNC(=O)CN(C)C)c1Cl.Cl.Cl. The molecule has 0 aliphatic carbocycles. The van der Waals surface area contributed by atoms with Crippen molar-refractivity contribution in [2.45, 2.75) is 13.2 Å². The predicted molar refractivity (Wildman–Crippen MR) is 139 cm³/mol. The number of carbonyl (C=O) groups is 2. The van der Waals surface area contributed by atoms with E-state index in [0.717, 1.165) is 5.69 Å². The van der Waals surface area contributed by atoms with E-state index in [9.17, 15) is 9.59 Å². The van der Waals surface area contributed by atoms with Crippen molar-refractivity contribution in [1.29, 1.82) is 0 Å². The van der Waals surface area contributed by atoms with Gasteiger partial charge in [-0.15, -0.1) is 24.8 Å². The Morgan fingerprint density at radius 2 is 1.91 bits per heavy atom. The zero-order chi connectivity index (χ0) is 23.4. The molecule has 1 amide bonds. The third-order valence-corrected chi connectivity index (χ3v) is 5.41. The molecule has 3 aromatic rings. The number of carbonyl (C=O) groups excluding carboxylic acids is 2. The van der Waals surface area contributed by atoms with Crippen LogP contribution >= 0.6 is 48.0 Å². The number of nitrogens with one attached hydrogen (secondary N) is 2. The molecule has 0 saturated heterocycles. The highest BCUT2D eigenvalue weighted by Crippen LogP contribution is 2.35. The van der Waals surface area contributed by atoms with Crippen molar-refractivity contribution < 1.29 is 14.3 Å². The predicted octanol–water partition coefficient (Wildman–Crippen LogP) is 3.95. The summed E-state index contributed by atoms with van der Waals surface area (Å²) in [4.78, 5) is 30.8. The molecule has 3 rings (SSSR count). The van der Waals surface area contributed by atoms with Gasteiger partial charge in [0, 0.05) is 23.5 Å². The Morgan fingerprint density at radius 3 is 2.56 bits per heavy atom. The molecule has 1 atom stereocenters. The maximum absolute atomic E-state index is 12.7. The summed E-state index contributed by atoms with van der Waals surface area (Å²) in [5, 5.41) is 6.15. The number of imidazole rings is 1. The van der Waals surface area contributed by atoms with E-state index in [2.05, 4.69) is 15.6 Å². The van der Waals surface area contributed by atoms with E-state index >= 15 is 0 Å². The Bertz CT molecular complexity index is 1150. The Morgan fingerprint density at radius 1 is 1.21 bits per heavy atom. The number of likely N-dealkylation sites (N-methyl/N-ethyl adjacent to an activating group) is 1. The van der Waals surface area contributed by atoms with E-state index in [4.69, 9.17) is 27.9 Å². The number of aromatic nitrogens is 2. The number of Topliss-reactive ketones (excluding diaryl/α,β-unsaturated/α-hetero) is 1. The van der Waals surface area contributed by atoms with Crippen molar-refractivity contribution in [2.24, 2.45) is 0 Å². The van der Waals surface area contributed by atoms with Gasteiger partial charge in [0.25, 0.3) is 0 Å². The number of halogens is 4. The first-order valence-electron chi connectivity index (χ1n) is 9.92. The van der Waals surface area contributed by atoms with E-state index in [1.165, 1.54) is 0 Å². The van der Waals surface area contributed by atoms with Gasteiger partial charge in [0.15, 0.2) is 23.4 Å². The summed E-state index contributed by atoms with van der Waals surface area (Å²) in [5.41, 5.74) is 2.16. The standard InChI is InChI=1S/C22H25Cl2N5O3.2ClH/c1-13-11-29-9-5-6-17(21(29)27-13)32-22(25-2)19-15(23)8-7-14(20(19)24)16(30)10-26-18(31)12-28(3)4;;/h5-9,11,22,25H,10,12H2,1-4H3,(H,26,31);2*1H. The fraction of sp³-hybridized carbons (Fsp3) is 0.318. The maximum Gasteiger partial charge on any atom is 0.234 e. The Labute approximate surface area is 220 Å². The largest absolute Gasteiger partial charge is 0.467 e. The van der Waals surface area contributed by atoms with E-state index in [-0.39, 0.29) is 60.2 Å². The quantitative estimate of drug-likeness (QED) is 0.310. The van der Waals surface area contributed by atoms with Crippen molar-refractivity contribution in [3.8, 4) is 5.75 Å². The maximum atomic E-state index is 12.7. The zero-order valence-electron chi connectivity index (χ0n) is 19.1. The van der Waals surface area contributed by atoms with Gasteiger partial charge in [-0.25, -0.2) is 4.98 Å². The number of pyridine rings is 1. The van der Waals surface area contributed by atoms with Crippen LogP contribution in [0.2, 0.25) is 10.0 Å². The van der Waals surface area contributed by atoms with Gasteiger partial charge < -0.3 is 19.4 Å². The van der Waals surface area contributed by atoms with Gasteiger partial charge in [0.05, 0.1) is 28.8 Å². The van der Waals surface area contributed by atoms with Crippen molar-refractivity contribution in [3.63, 3.8) is 0 Å². The van der Waals surface area contributed by atoms with Crippen LogP contribution < -0.4 is 15.4 Å². The average Bonchev–Trinajstić information content (AvgIpc) is 3.12. The molecule has 2 aromatic heterocycles. The normalized spacial score (nSPS) is 11.5. The number of aryl methyl sites for hydroxylation is 1. The summed E-state index contributed by atoms with van der Waals surface area (Å²) in [6.45, 7) is 1.90. The molecule has 0 fully saturated rings. The Balaban J connectivity index is 0.00000289. The summed E-state index contributed by atoms with van der Waals surface area (Å²) in [5.74, 6) is -0.0613. The molecule has 0 saturated carbocycles. The molecule has 0 radical (unpaired) electrons. The van der Waals surface area contributed by atoms with Crippen LogP contribution in [0.5, 0.6) is 5.75 Å². The molecule has 2 N–H and O–H groups in total. The minimum absolute atomic E-state index is 0.